The van der Waals surface area contributed by atoms with Gasteiger partial charge in [-0.1, -0.05) is 0 Å². The molecule has 0 amide bonds. The molecule has 82 valence electrons. The first-order chi connectivity index (χ1) is 6.99. The SMILES string of the molecule is Cc1c([N+](=O)[O-])ncc(C(F)F)c1CO. The number of alkyl halides is 2. The third kappa shape index (κ3) is 2.07. The summed E-state index contributed by atoms with van der Waals surface area (Å²) in [5, 5.41) is 19.3. The second kappa shape index (κ2) is 4.26. The van der Waals surface area contributed by atoms with Gasteiger partial charge in [-0.15, -0.1) is 0 Å². The number of aromatic nitrogens is 1. The fourth-order valence-corrected chi connectivity index (χ4v) is 1.24. The largest absolute Gasteiger partial charge is 0.392 e. The second-order valence-corrected chi connectivity index (χ2v) is 2.86. The molecule has 1 aromatic heterocycles. The maximum absolute atomic E-state index is 12.4. The highest BCUT2D eigenvalue weighted by molar-refractivity contribution is 5.42. The van der Waals surface area contributed by atoms with Crippen LogP contribution in [-0.2, 0) is 6.61 Å². The summed E-state index contributed by atoms with van der Waals surface area (Å²) in [5.41, 5.74) is -0.632. The van der Waals surface area contributed by atoms with Gasteiger partial charge in [0.05, 0.1) is 17.7 Å². The van der Waals surface area contributed by atoms with Crippen molar-refractivity contribution in [2.75, 3.05) is 0 Å². The lowest BCUT2D eigenvalue weighted by Crippen LogP contribution is -2.04. The van der Waals surface area contributed by atoms with Crippen molar-refractivity contribution in [3.63, 3.8) is 0 Å². The van der Waals surface area contributed by atoms with Crippen molar-refractivity contribution in [3.05, 3.63) is 33.0 Å². The van der Waals surface area contributed by atoms with Crippen molar-refractivity contribution in [2.45, 2.75) is 20.0 Å². The summed E-state index contributed by atoms with van der Waals surface area (Å²) in [6.45, 7) is 0.609. The Kier molecular flexibility index (Phi) is 3.25. The zero-order valence-electron chi connectivity index (χ0n) is 7.78. The average molecular weight is 218 g/mol. The van der Waals surface area contributed by atoms with Crippen molar-refractivity contribution < 1.29 is 18.8 Å². The fraction of sp³-hybridized carbons (Fsp3) is 0.375. The van der Waals surface area contributed by atoms with Crippen LogP contribution in [0, 0.1) is 17.0 Å². The Morgan fingerprint density at radius 3 is 2.67 bits per heavy atom. The Morgan fingerprint density at radius 2 is 2.27 bits per heavy atom. The van der Waals surface area contributed by atoms with E-state index >= 15 is 0 Å². The van der Waals surface area contributed by atoms with Crippen LogP contribution in [0.1, 0.15) is 23.1 Å². The molecule has 15 heavy (non-hydrogen) atoms. The van der Waals surface area contributed by atoms with Gasteiger partial charge in [-0.05, 0) is 16.8 Å². The van der Waals surface area contributed by atoms with E-state index in [1.54, 1.807) is 0 Å². The van der Waals surface area contributed by atoms with Gasteiger partial charge in [-0.3, -0.25) is 0 Å². The molecule has 0 atom stereocenters. The number of hydrogen-bond donors (Lipinski definition) is 1. The van der Waals surface area contributed by atoms with Gasteiger partial charge < -0.3 is 15.2 Å². The molecule has 1 heterocycles. The molecule has 1 rings (SSSR count). The maximum Gasteiger partial charge on any atom is 0.366 e. The topological polar surface area (TPSA) is 76.3 Å². The Labute approximate surface area is 83.5 Å². The summed E-state index contributed by atoms with van der Waals surface area (Å²) in [6.07, 6.45) is -2.08. The number of aliphatic hydroxyl groups is 1. The zero-order chi connectivity index (χ0) is 11.6. The number of halogens is 2. The van der Waals surface area contributed by atoms with Crippen LogP contribution in [0.2, 0.25) is 0 Å². The molecular formula is C8H8F2N2O3. The standard InChI is InChI=1S/C8H8F2N2O3/c1-4-6(3-13)5(7(9)10)2-11-8(4)12(14)15/h2,7,13H,3H2,1H3. The van der Waals surface area contributed by atoms with Crippen LogP contribution in [-0.4, -0.2) is 15.0 Å². The van der Waals surface area contributed by atoms with E-state index in [-0.39, 0.29) is 11.1 Å². The molecule has 7 heteroatoms. The lowest BCUT2D eigenvalue weighted by molar-refractivity contribution is -0.390. The summed E-state index contributed by atoms with van der Waals surface area (Å²) >= 11 is 0. The summed E-state index contributed by atoms with van der Waals surface area (Å²) in [4.78, 5) is 13.0. The van der Waals surface area contributed by atoms with Crippen LogP contribution in [0.25, 0.3) is 0 Å². The van der Waals surface area contributed by atoms with E-state index in [0.29, 0.717) is 0 Å². The molecule has 0 radical (unpaired) electrons. The minimum Gasteiger partial charge on any atom is -0.392 e. The molecule has 0 fully saturated rings. The predicted octanol–water partition coefficient (Wildman–Crippen LogP) is 1.73. The monoisotopic (exact) mass is 218 g/mol. The van der Waals surface area contributed by atoms with Crippen LogP contribution in [0.3, 0.4) is 0 Å². The van der Waals surface area contributed by atoms with Crippen molar-refractivity contribution in [1.29, 1.82) is 0 Å². The van der Waals surface area contributed by atoms with Crippen LogP contribution in [0.15, 0.2) is 6.20 Å². The van der Waals surface area contributed by atoms with E-state index in [2.05, 4.69) is 4.98 Å². The molecule has 0 aromatic carbocycles. The summed E-state index contributed by atoms with van der Waals surface area (Å²) < 4.78 is 24.8. The number of hydrogen-bond acceptors (Lipinski definition) is 4. The van der Waals surface area contributed by atoms with Gasteiger partial charge in [0.1, 0.15) is 6.20 Å². The normalized spacial score (nSPS) is 10.7. The molecule has 5 nitrogen and oxygen atoms in total. The third-order valence-corrected chi connectivity index (χ3v) is 2.03. The quantitative estimate of drug-likeness (QED) is 0.619. The molecule has 0 aliphatic carbocycles. The van der Waals surface area contributed by atoms with Crippen molar-refractivity contribution in [1.82, 2.24) is 4.98 Å². The van der Waals surface area contributed by atoms with Gasteiger partial charge in [0.15, 0.2) is 0 Å². The lowest BCUT2D eigenvalue weighted by Gasteiger charge is -2.07. The highest BCUT2D eigenvalue weighted by atomic mass is 19.3. The molecule has 1 aromatic rings. The molecule has 0 spiro atoms. The third-order valence-electron chi connectivity index (χ3n) is 2.03. The Bertz CT molecular complexity index is 396. The summed E-state index contributed by atoms with van der Waals surface area (Å²) in [6, 6.07) is 0. The second-order valence-electron chi connectivity index (χ2n) is 2.86. The number of nitrogens with zero attached hydrogens (tertiary/aromatic N) is 2. The zero-order valence-corrected chi connectivity index (χ0v) is 7.78. The summed E-state index contributed by atoms with van der Waals surface area (Å²) in [5.74, 6) is -0.511. The molecule has 0 aliphatic heterocycles. The predicted molar refractivity (Wildman–Crippen MR) is 46.5 cm³/mol. The Morgan fingerprint density at radius 1 is 1.67 bits per heavy atom. The molecule has 1 N–H and O–H groups in total. The molecule has 0 aliphatic rings. The molecular weight excluding hydrogens is 210 g/mol. The van der Waals surface area contributed by atoms with E-state index in [9.17, 15) is 18.9 Å². The highest BCUT2D eigenvalue weighted by Crippen LogP contribution is 2.28. The smallest absolute Gasteiger partial charge is 0.366 e. The van der Waals surface area contributed by atoms with Gasteiger partial charge in [0, 0.05) is 5.56 Å². The van der Waals surface area contributed by atoms with Gasteiger partial charge in [-0.25, -0.2) is 8.78 Å². The first-order valence-corrected chi connectivity index (χ1v) is 4.00. The first kappa shape index (κ1) is 11.4. The van der Waals surface area contributed by atoms with Crippen LogP contribution >= 0.6 is 0 Å². The van der Waals surface area contributed by atoms with E-state index < -0.39 is 29.3 Å². The molecule has 0 unspecified atom stereocenters. The van der Waals surface area contributed by atoms with Crippen LogP contribution in [0.4, 0.5) is 14.6 Å². The molecule has 0 saturated heterocycles. The minimum atomic E-state index is -2.81. The summed E-state index contributed by atoms with van der Waals surface area (Å²) in [7, 11) is 0. The number of nitro groups is 1. The maximum atomic E-state index is 12.4. The minimum absolute atomic E-state index is 0.0275. The average Bonchev–Trinajstić information content (AvgIpc) is 2.16. The van der Waals surface area contributed by atoms with E-state index in [4.69, 9.17) is 5.11 Å². The van der Waals surface area contributed by atoms with E-state index in [1.165, 1.54) is 6.92 Å². The van der Waals surface area contributed by atoms with E-state index in [0.717, 1.165) is 6.20 Å². The number of aliphatic hydroxyl groups excluding tert-OH is 1. The number of pyridine rings is 1. The van der Waals surface area contributed by atoms with Crippen LogP contribution in [0.5, 0.6) is 0 Å². The Balaban J connectivity index is 3.39. The first-order valence-electron chi connectivity index (χ1n) is 4.00. The van der Waals surface area contributed by atoms with Gasteiger partial charge in [-0.2, -0.15) is 0 Å². The van der Waals surface area contributed by atoms with E-state index in [1.807, 2.05) is 0 Å². The van der Waals surface area contributed by atoms with Crippen LogP contribution < -0.4 is 0 Å². The lowest BCUT2D eigenvalue weighted by atomic mass is 10.1. The van der Waals surface area contributed by atoms with Gasteiger partial charge >= 0.3 is 5.82 Å². The van der Waals surface area contributed by atoms with Gasteiger partial charge in [0.25, 0.3) is 6.43 Å². The number of rotatable bonds is 3. The Hall–Kier alpha value is -1.63. The van der Waals surface area contributed by atoms with Gasteiger partial charge in [0.2, 0.25) is 0 Å². The van der Waals surface area contributed by atoms with Crippen molar-refractivity contribution in [2.24, 2.45) is 0 Å². The molecule has 0 saturated carbocycles. The highest BCUT2D eigenvalue weighted by Gasteiger charge is 2.23. The fourth-order valence-electron chi connectivity index (χ4n) is 1.24. The van der Waals surface area contributed by atoms with Crippen molar-refractivity contribution in [3.8, 4) is 0 Å². The van der Waals surface area contributed by atoms with Crippen molar-refractivity contribution >= 4 is 5.82 Å². The molecule has 0 bridgehead atoms.